The van der Waals surface area contributed by atoms with Crippen LogP contribution in [0.5, 0.6) is 0 Å². The Kier molecular flexibility index (Phi) is 5.03. The second-order valence-electron chi connectivity index (χ2n) is 4.58. The Morgan fingerprint density at radius 2 is 2.28 bits per heavy atom. The van der Waals surface area contributed by atoms with E-state index in [9.17, 15) is 0 Å². The summed E-state index contributed by atoms with van der Waals surface area (Å²) < 4.78 is 5.34. The highest BCUT2D eigenvalue weighted by Gasteiger charge is 2.25. The number of rotatable bonds is 6. The van der Waals surface area contributed by atoms with Crippen LogP contribution in [0.25, 0.3) is 0 Å². The lowest BCUT2D eigenvalue weighted by molar-refractivity contribution is 0.277. The minimum atomic E-state index is -0.159. The van der Waals surface area contributed by atoms with E-state index in [4.69, 9.17) is 10.3 Å². The molecule has 0 aromatic carbocycles. The van der Waals surface area contributed by atoms with Gasteiger partial charge in [0.25, 0.3) is 0 Å². The molecule has 1 aliphatic heterocycles. The first-order valence-electron chi connectivity index (χ1n) is 6.67. The van der Waals surface area contributed by atoms with Crippen LogP contribution < -0.4 is 5.73 Å². The first-order chi connectivity index (χ1) is 8.74. The van der Waals surface area contributed by atoms with E-state index >= 15 is 0 Å². The van der Waals surface area contributed by atoms with E-state index in [0.29, 0.717) is 11.1 Å². The minimum absolute atomic E-state index is 0.159. The summed E-state index contributed by atoms with van der Waals surface area (Å²) in [6.45, 7) is 7.03. The van der Waals surface area contributed by atoms with Gasteiger partial charge in [0.1, 0.15) is 0 Å². The molecule has 2 N–H and O–H groups in total. The van der Waals surface area contributed by atoms with Crippen LogP contribution in [-0.4, -0.2) is 40.4 Å². The first kappa shape index (κ1) is 13.8. The highest BCUT2D eigenvalue weighted by Crippen LogP contribution is 2.38. The molecule has 2 atom stereocenters. The van der Waals surface area contributed by atoms with E-state index in [1.54, 1.807) is 0 Å². The van der Waals surface area contributed by atoms with Crippen molar-refractivity contribution in [1.82, 2.24) is 15.0 Å². The quantitative estimate of drug-likeness (QED) is 0.852. The number of hydrogen-bond acceptors (Lipinski definition) is 6. The summed E-state index contributed by atoms with van der Waals surface area (Å²) in [7, 11) is 0. The van der Waals surface area contributed by atoms with Gasteiger partial charge in [0.15, 0.2) is 5.82 Å². The summed E-state index contributed by atoms with van der Waals surface area (Å²) in [5, 5.41) is 4.41. The molecule has 0 radical (unpaired) electrons. The molecular formula is C12H22N4OS. The minimum Gasteiger partial charge on any atom is -0.338 e. The zero-order valence-electron chi connectivity index (χ0n) is 11.1. The molecule has 1 fully saturated rings. The van der Waals surface area contributed by atoms with E-state index in [1.165, 1.54) is 12.2 Å². The molecule has 102 valence electrons. The Labute approximate surface area is 112 Å². The zero-order chi connectivity index (χ0) is 13.0. The van der Waals surface area contributed by atoms with E-state index < -0.39 is 0 Å². The molecular weight excluding hydrogens is 248 g/mol. The molecule has 18 heavy (non-hydrogen) atoms. The maximum atomic E-state index is 6.13. The number of thioether (sulfide) groups is 1. The van der Waals surface area contributed by atoms with E-state index in [-0.39, 0.29) is 6.04 Å². The average Bonchev–Trinajstić information content (AvgIpc) is 3.04. The molecule has 0 saturated carbocycles. The van der Waals surface area contributed by atoms with Crippen LogP contribution in [0.4, 0.5) is 0 Å². The number of nitrogens with zero attached hydrogens (tertiary/aromatic N) is 3. The molecule has 1 aromatic heterocycles. The summed E-state index contributed by atoms with van der Waals surface area (Å²) in [6, 6.07) is -0.159. The number of aromatic nitrogens is 2. The third-order valence-corrected chi connectivity index (χ3v) is 4.71. The zero-order valence-corrected chi connectivity index (χ0v) is 11.9. The molecule has 2 heterocycles. The molecule has 0 bridgehead atoms. The molecule has 2 unspecified atom stereocenters. The SMILES string of the molecule is CCN(CC)CC(N)c1noc(C2CCCS2)n1. The normalized spacial score (nSPS) is 21.7. The van der Waals surface area contributed by atoms with Crippen molar-refractivity contribution in [3.8, 4) is 0 Å². The highest BCUT2D eigenvalue weighted by atomic mass is 32.2. The standard InChI is InChI=1S/C12H22N4OS/c1-3-16(4-2)8-9(13)11-14-12(17-15-11)10-6-5-7-18-10/h9-10H,3-8,13H2,1-2H3. The molecule has 6 heteroatoms. The third-order valence-electron chi connectivity index (χ3n) is 3.34. The van der Waals surface area contributed by atoms with Crippen LogP contribution >= 0.6 is 11.8 Å². The van der Waals surface area contributed by atoms with Crippen LogP contribution in [-0.2, 0) is 0 Å². The fraction of sp³-hybridized carbons (Fsp3) is 0.833. The van der Waals surface area contributed by atoms with Gasteiger partial charge >= 0.3 is 0 Å². The second kappa shape index (κ2) is 6.54. The van der Waals surface area contributed by atoms with Crippen molar-refractivity contribution in [3.63, 3.8) is 0 Å². The Morgan fingerprint density at radius 3 is 2.89 bits per heavy atom. The summed E-state index contributed by atoms with van der Waals surface area (Å²) >= 11 is 1.90. The maximum absolute atomic E-state index is 6.13. The predicted octanol–water partition coefficient (Wildman–Crippen LogP) is 1.98. The van der Waals surface area contributed by atoms with Crippen LogP contribution in [0.1, 0.15) is 49.7 Å². The molecule has 1 saturated heterocycles. The lowest BCUT2D eigenvalue weighted by atomic mass is 10.2. The average molecular weight is 270 g/mol. The highest BCUT2D eigenvalue weighted by molar-refractivity contribution is 7.99. The summed E-state index contributed by atoms with van der Waals surface area (Å²) in [5.74, 6) is 2.58. The Morgan fingerprint density at radius 1 is 1.50 bits per heavy atom. The Bertz CT molecular complexity index is 361. The van der Waals surface area contributed by atoms with Crippen molar-refractivity contribution >= 4 is 11.8 Å². The summed E-state index contributed by atoms with van der Waals surface area (Å²) in [4.78, 5) is 6.73. The molecule has 0 spiro atoms. The van der Waals surface area contributed by atoms with Crippen molar-refractivity contribution in [2.45, 2.75) is 38.0 Å². The van der Waals surface area contributed by atoms with Crippen LogP contribution in [0.3, 0.4) is 0 Å². The van der Waals surface area contributed by atoms with Crippen LogP contribution in [0, 0.1) is 0 Å². The molecule has 1 aliphatic rings. The largest absolute Gasteiger partial charge is 0.338 e. The van der Waals surface area contributed by atoms with Gasteiger partial charge in [-0.2, -0.15) is 4.98 Å². The van der Waals surface area contributed by atoms with Crippen LogP contribution in [0.15, 0.2) is 4.52 Å². The van der Waals surface area contributed by atoms with Crippen LogP contribution in [0.2, 0.25) is 0 Å². The summed E-state index contributed by atoms with van der Waals surface area (Å²) in [5.41, 5.74) is 6.13. The van der Waals surface area contributed by atoms with Gasteiger partial charge in [0, 0.05) is 6.54 Å². The molecule has 1 aromatic rings. The predicted molar refractivity (Wildman–Crippen MR) is 73.4 cm³/mol. The number of likely N-dealkylation sites (N-methyl/N-ethyl adjacent to an activating group) is 1. The summed E-state index contributed by atoms with van der Waals surface area (Å²) in [6.07, 6.45) is 2.37. The fourth-order valence-corrected chi connectivity index (χ4v) is 3.33. The van der Waals surface area contributed by atoms with E-state index in [0.717, 1.165) is 31.9 Å². The van der Waals surface area contributed by atoms with Gasteiger partial charge in [-0.25, -0.2) is 0 Å². The van der Waals surface area contributed by atoms with Gasteiger partial charge in [0.05, 0.1) is 11.3 Å². The lowest BCUT2D eigenvalue weighted by Crippen LogP contribution is -2.32. The van der Waals surface area contributed by atoms with Crippen molar-refractivity contribution < 1.29 is 4.52 Å². The van der Waals surface area contributed by atoms with Gasteiger partial charge in [-0.05, 0) is 31.7 Å². The van der Waals surface area contributed by atoms with Crippen molar-refractivity contribution in [3.05, 3.63) is 11.7 Å². The molecule has 5 nitrogen and oxygen atoms in total. The van der Waals surface area contributed by atoms with E-state index in [1.807, 2.05) is 11.8 Å². The van der Waals surface area contributed by atoms with E-state index in [2.05, 4.69) is 28.9 Å². The molecule has 0 aliphatic carbocycles. The van der Waals surface area contributed by atoms with Crippen molar-refractivity contribution in [2.75, 3.05) is 25.4 Å². The number of hydrogen-bond donors (Lipinski definition) is 1. The molecule has 0 amide bonds. The maximum Gasteiger partial charge on any atom is 0.239 e. The lowest BCUT2D eigenvalue weighted by Gasteiger charge is -2.20. The smallest absolute Gasteiger partial charge is 0.239 e. The van der Waals surface area contributed by atoms with Gasteiger partial charge in [-0.3, -0.25) is 0 Å². The Hall–Kier alpha value is -0.590. The second-order valence-corrected chi connectivity index (χ2v) is 5.90. The van der Waals surface area contributed by atoms with Gasteiger partial charge in [-0.15, -0.1) is 11.8 Å². The monoisotopic (exact) mass is 270 g/mol. The molecule has 2 rings (SSSR count). The van der Waals surface area contributed by atoms with Gasteiger partial charge < -0.3 is 15.2 Å². The number of nitrogens with two attached hydrogens (primary N) is 1. The topological polar surface area (TPSA) is 68.2 Å². The van der Waals surface area contributed by atoms with Crippen molar-refractivity contribution in [2.24, 2.45) is 5.73 Å². The fourth-order valence-electron chi connectivity index (χ4n) is 2.14. The van der Waals surface area contributed by atoms with Gasteiger partial charge in [-0.1, -0.05) is 19.0 Å². The van der Waals surface area contributed by atoms with Crippen molar-refractivity contribution in [1.29, 1.82) is 0 Å². The van der Waals surface area contributed by atoms with Gasteiger partial charge in [0.2, 0.25) is 5.89 Å². The third kappa shape index (κ3) is 3.24. The Balaban J connectivity index is 1.95. The first-order valence-corrected chi connectivity index (χ1v) is 7.72.